The molecule has 1 rings (SSSR count). The zero-order valence-corrected chi connectivity index (χ0v) is 9.37. The Kier molecular flexibility index (Phi) is 4.94. The molecule has 0 aliphatic carbocycles. The number of rotatable bonds is 6. The number of phenols is 1. The summed E-state index contributed by atoms with van der Waals surface area (Å²) in [5.41, 5.74) is 0. The lowest BCUT2D eigenvalue weighted by Crippen LogP contribution is -2.45. The minimum atomic E-state index is -1.37. The van der Waals surface area contributed by atoms with Gasteiger partial charge in [-0.05, 0) is 12.1 Å². The van der Waals surface area contributed by atoms with Crippen molar-refractivity contribution in [3.05, 3.63) is 24.3 Å². The van der Waals surface area contributed by atoms with Crippen molar-refractivity contribution in [2.24, 2.45) is 0 Å². The summed E-state index contributed by atoms with van der Waals surface area (Å²) in [6, 6.07) is 4.69. The largest absolute Gasteiger partial charge is 0.504 e. The fourth-order valence-corrected chi connectivity index (χ4v) is 1.14. The molecule has 1 aromatic carbocycles. The van der Waals surface area contributed by atoms with E-state index in [0.29, 0.717) is 0 Å². The number of aromatic hydroxyl groups is 1. The van der Waals surface area contributed by atoms with E-state index in [1.54, 1.807) is 12.1 Å². The molecular weight excluding hydrogens is 242 g/mol. The summed E-state index contributed by atoms with van der Waals surface area (Å²) in [4.78, 5) is 21.8. The van der Waals surface area contributed by atoms with Gasteiger partial charge in [0.05, 0.1) is 6.61 Å². The maximum Gasteiger partial charge on any atom is 0.328 e. The summed E-state index contributed by atoms with van der Waals surface area (Å²) >= 11 is 0. The Morgan fingerprint density at radius 2 is 2.00 bits per heavy atom. The fourth-order valence-electron chi connectivity index (χ4n) is 1.14. The second kappa shape index (κ2) is 6.45. The third-order valence-electron chi connectivity index (χ3n) is 2.04. The molecule has 0 saturated heterocycles. The van der Waals surface area contributed by atoms with Gasteiger partial charge in [-0.3, -0.25) is 4.79 Å². The number of phenolic OH excluding ortho intramolecular Hbond substituents is 1. The summed E-state index contributed by atoms with van der Waals surface area (Å²) in [6.07, 6.45) is 0. The van der Waals surface area contributed by atoms with E-state index in [9.17, 15) is 14.7 Å². The average Bonchev–Trinajstić information content (AvgIpc) is 2.34. The number of amides is 1. The number of para-hydroxylation sites is 2. The van der Waals surface area contributed by atoms with Crippen molar-refractivity contribution < 1.29 is 29.6 Å². The van der Waals surface area contributed by atoms with Crippen LogP contribution in [0.3, 0.4) is 0 Å². The summed E-state index contributed by atoms with van der Waals surface area (Å²) < 4.78 is 4.99. The van der Waals surface area contributed by atoms with E-state index in [1.165, 1.54) is 12.1 Å². The van der Waals surface area contributed by atoms with E-state index in [1.807, 2.05) is 0 Å². The van der Waals surface area contributed by atoms with Gasteiger partial charge >= 0.3 is 5.97 Å². The molecule has 0 aliphatic heterocycles. The van der Waals surface area contributed by atoms with Crippen LogP contribution in [0.15, 0.2) is 24.3 Å². The van der Waals surface area contributed by atoms with Gasteiger partial charge in [-0.15, -0.1) is 0 Å². The van der Waals surface area contributed by atoms with Crippen LogP contribution in [0, 0.1) is 0 Å². The Morgan fingerprint density at radius 3 is 2.56 bits per heavy atom. The van der Waals surface area contributed by atoms with Gasteiger partial charge in [-0.25, -0.2) is 4.79 Å². The average molecular weight is 255 g/mol. The number of carboxylic acid groups (broad SMARTS) is 1. The van der Waals surface area contributed by atoms with Gasteiger partial charge in [0.1, 0.15) is 6.04 Å². The highest BCUT2D eigenvalue weighted by Crippen LogP contribution is 2.23. The molecule has 18 heavy (non-hydrogen) atoms. The summed E-state index contributed by atoms with van der Waals surface area (Å²) in [5, 5.41) is 28.7. The monoisotopic (exact) mass is 255 g/mol. The third-order valence-corrected chi connectivity index (χ3v) is 2.04. The minimum absolute atomic E-state index is 0.114. The van der Waals surface area contributed by atoms with Crippen molar-refractivity contribution in [2.45, 2.75) is 6.04 Å². The first kappa shape index (κ1) is 13.8. The zero-order chi connectivity index (χ0) is 13.5. The molecule has 0 fully saturated rings. The van der Waals surface area contributed by atoms with Crippen LogP contribution in [0.1, 0.15) is 0 Å². The molecule has 1 atom stereocenters. The number of nitrogens with one attached hydrogen (secondary N) is 1. The molecule has 4 N–H and O–H groups in total. The van der Waals surface area contributed by atoms with Gasteiger partial charge in [-0.1, -0.05) is 12.1 Å². The topological polar surface area (TPSA) is 116 Å². The van der Waals surface area contributed by atoms with E-state index < -0.39 is 31.1 Å². The molecule has 0 bridgehead atoms. The molecule has 7 nitrogen and oxygen atoms in total. The first-order chi connectivity index (χ1) is 8.54. The number of hydrogen-bond acceptors (Lipinski definition) is 5. The van der Waals surface area contributed by atoms with Crippen LogP contribution in [0.5, 0.6) is 11.5 Å². The number of benzene rings is 1. The molecule has 0 aliphatic rings. The lowest BCUT2D eigenvalue weighted by Gasteiger charge is -2.12. The van der Waals surface area contributed by atoms with E-state index in [4.69, 9.17) is 14.9 Å². The van der Waals surface area contributed by atoms with E-state index in [2.05, 4.69) is 5.32 Å². The summed E-state index contributed by atoms with van der Waals surface area (Å²) in [5.74, 6) is -2.06. The first-order valence-corrected chi connectivity index (χ1v) is 5.08. The molecule has 1 unspecified atom stereocenters. The van der Waals surface area contributed by atoms with Crippen molar-refractivity contribution in [3.63, 3.8) is 0 Å². The highest BCUT2D eigenvalue weighted by Gasteiger charge is 2.18. The number of carbonyl (C=O) groups excluding carboxylic acids is 1. The number of carboxylic acids is 1. The van der Waals surface area contributed by atoms with Crippen molar-refractivity contribution in [2.75, 3.05) is 13.2 Å². The van der Waals surface area contributed by atoms with Crippen LogP contribution in [0.25, 0.3) is 0 Å². The molecular formula is C11H13NO6. The Hall–Kier alpha value is -2.28. The van der Waals surface area contributed by atoms with Crippen molar-refractivity contribution in [1.29, 1.82) is 0 Å². The standard InChI is InChI=1S/C11H13NO6/c13-5-7(11(16)17)12-10(15)6-18-9-4-2-1-3-8(9)14/h1-4,7,13-14H,5-6H2,(H,12,15)(H,16,17). The maximum atomic E-state index is 11.3. The summed E-state index contributed by atoms with van der Waals surface area (Å²) in [6.45, 7) is -1.17. The van der Waals surface area contributed by atoms with E-state index in [-0.39, 0.29) is 11.5 Å². The minimum Gasteiger partial charge on any atom is -0.504 e. The predicted octanol–water partition coefficient (Wildman–Crippen LogP) is -0.667. The van der Waals surface area contributed by atoms with Crippen LogP contribution in [-0.2, 0) is 9.59 Å². The highest BCUT2D eigenvalue weighted by molar-refractivity contribution is 5.84. The second-order valence-corrected chi connectivity index (χ2v) is 3.40. The fraction of sp³-hybridized carbons (Fsp3) is 0.273. The number of ether oxygens (including phenoxy) is 1. The second-order valence-electron chi connectivity index (χ2n) is 3.40. The molecule has 0 spiro atoms. The van der Waals surface area contributed by atoms with E-state index in [0.717, 1.165) is 0 Å². The number of carbonyl (C=O) groups is 2. The van der Waals surface area contributed by atoms with Gasteiger partial charge in [0.2, 0.25) is 0 Å². The number of aliphatic carboxylic acids is 1. The highest BCUT2D eigenvalue weighted by atomic mass is 16.5. The van der Waals surface area contributed by atoms with E-state index >= 15 is 0 Å². The third kappa shape index (κ3) is 3.95. The quantitative estimate of drug-likeness (QED) is 0.536. The first-order valence-electron chi connectivity index (χ1n) is 5.08. The normalized spacial score (nSPS) is 11.6. The Balaban J connectivity index is 2.47. The molecule has 0 aromatic heterocycles. The molecule has 0 heterocycles. The predicted molar refractivity (Wildman–Crippen MR) is 60.3 cm³/mol. The van der Waals surface area contributed by atoms with Gasteiger partial charge < -0.3 is 25.4 Å². The Labute approximate surface area is 103 Å². The van der Waals surface area contributed by atoms with Crippen LogP contribution < -0.4 is 10.1 Å². The van der Waals surface area contributed by atoms with Gasteiger partial charge in [0, 0.05) is 0 Å². The molecule has 0 saturated carbocycles. The molecule has 1 amide bonds. The zero-order valence-electron chi connectivity index (χ0n) is 9.37. The van der Waals surface area contributed by atoms with Crippen LogP contribution in [-0.4, -0.2) is 46.5 Å². The van der Waals surface area contributed by atoms with Crippen molar-refractivity contribution >= 4 is 11.9 Å². The smallest absolute Gasteiger partial charge is 0.328 e. The number of aliphatic hydroxyl groups excluding tert-OH is 1. The molecule has 0 radical (unpaired) electrons. The molecule has 1 aromatic rings. The Bertz CT molecular complexity index is 433. The maximum absolute atomic E-state index is 11.3. The lowest BCUT2D eigenvalue weighted by atomic mass is 10.3. The molecule has 98 valence electrons. The van der Waals surface area contributed by atoms with Crippen LogP contribution in [0.2, 0.25) is 0 Å². The molecule has 7 heteroatoms. The summed E-state index contributed by atoms with van der Waals surface area (Å²) in [7, 11) is 0. The Morgan fingerprint density at radius 1 is 1.33 bits per heavy atom. The van der Waals surface area contributed by atoms with Gasteiger partial charge in [0.15, 0.2) is 18.1 Å². The SMILES string of the molecule is O=C(COc1ccccc1O)NC(CO)C(=O)O. The number of aliphatic hydroxyl groups is 1. The number of hydrogen-bond donors (Lipinski definition) is 4. The lowest BCUT2D eigenvalue weighted by molar-refractivity contribution is -0.143. The van der Waals surface area contributed by atoms with Crippen LogP contribution >= 0.6 is 0 Å². The van der Waals surface area contributed by atoms with Gasteiger partial charge in [-0.2, -0.15) is 0 Å². The van der Waals surface area contributed by atoms with Crippen LogP contribution in [0.4, 0.5) is 0 Å². The van der Waals surface area contributed by atoms with Crippen molar-refractivity contribution in [3.8, 4) is 11.5 Å². The van der Waals surface area contributed by atoms with Crippen molar-refractivity contribution in [1.82, 2.24) is 5.32 Å². The van der Waals surface area contributed by atoms with Gasteiger partial charge in [0.25, 0.3) is 5.91 Å².